The molecule has 0 aliphatic rings. The van der Waals surface area contributed by atoms with Gasteiger partial charge in [-0.2, -0.15) is 4.98 Å². The number of aromatic amines is 1. The first-order valence-corrected chi connectivity index (χ1v) is 6.99. The standard InChI is InChI=1S/C17H16N4O/c1-11-3-7-13(8-4-11)15-18-17(21-20-15)19-16(22)14-9-5-12(2)6-10-14/h3-10H,1-2H3,(H2,18,19,20,21,22). The highest BCUT2D eigenvalue weighted by Crippen LogP contribution is 2.16. The Bertz CT molecular complexity index is 788. The van der Waals surface area contributed by atoms with E-state index < -0.39 is 0 Å². The zero-order valence-electron chi connectivity index (χ0n) is 12.4. The Kier molecular flexibility index (Phi) is 3.70. The van der Waals surface area contributed by atoms with E-state index in [-0.39, 0.29) is 11.9 Å². The van der Waals surface area contributed by atoms with Crippen LogP contribution in [-0.2, 0) is 0 Å². The summed E-state index contributed by atoms with van der Waals surface area (Å²) < 4.78 is 0. The first-order valence-electron chi connectivity index (χ1n) is 6.99. The minimum atomic E-state index is -0.227. The van der Waals surface area contributed by atoms with Crippen molar-refractivity contribution >= 4 is 11.9 Å². The zero-order valence-corrected chi connectivity index (χ0v) is 12.4. The van der Waals surface area contributed by atoms with E-state index in [4.69, 9.17) is 0 Å². The molecule has 22 heavy (non-hydrogen) atoms. The molecule has 0 spiro atoms. The molecule has 0 atom stereocenters. The number of rotatable bonds is 3. The highest BCUT2D eigenvalue weighted by Gasteiger charge is 2.10. The third kappa shape index (κ3) is 3.03. The van der Waals surface area contributed by atoms with Gasteiger partial charge in [-0.15, -0.1) is 5.10 Å². The number of nitrogens with one attached hydrogen (secondary N) is 2. The van der Waals surface area contributed by atoms with Crippen molar-refractivity contribution in [3.8, 4) is 11.4 Å². The number of hydrogen-bond acceptors (Lipinski definition) is 3. The average molecular weight is 292 g/mol. The summed E-state index contributed by atoms with van der Waals surface area (Å²) in [5, 5.41) is 9.55. The van der Waals surface area contributed by atoms with Gasteiger partial charge in [0, 0.05) is 11.1 Å². The number of carbonyl (C=O) groups is 1. The number of hydrogen-bond donors (Lipinski definition) is 2. The maximum Gasteiger partial charge on any atom is 0.258 e. The summed E-state index contributed by atoms with van der Waals surface area (Å²) in [5.41, 5.74) is 3.79. The maximum absolute atomic E-state index is 12.1. The fourth-order valence-corrected chi connectivity index (χ4v) is 2.04. The molecule has 0 aliphatic carbocycles. The first kappa shape index (κ1) is 14.0. The molecule has 0 saturated heterocycles. The lowest BCUT2D eigenvalue weighted by molar-refractivity contribution is 0.102. The molecule has 1 aromatic heterocycles. The van der Waals surface area contributed by atoms with Crippen molar-refractivity contribution in [1.29, 1.82) is 0 Å². The van der Waals surface area contributed by atoms with Gasteiger partial charge < -0.3 is 0 Å². The van der Waals surface area contributed by atoms with Crippen molar-refractivity contribution in [3.05, 3.63) is 65.2 Å². The molecule has 110 valence electrons. The van der Waals surface area contributed by atoms with E-state index in [1.54, 1.807) is 12.1 Å². The van der Waals surface area contributed by atoms with Crippen LogP contribution in [0.1, 0.15) is 21.5 Å². The van der Waals surface area contributed by atoms with Gasteiger partial charge in [0.15, 0.2) is 5.82 Å². The van der Waals surface area contributed by atoms with Crippen LogP contribution in [0, 0.1) is 13.8 Å². The number of nitrogens with zero attached hydrogens (tertiary/aromatic N) is 2. The molecule has 5 heteroatoms. The van der Waals surface area contributed by atoms with Gasteiger partial charge >= 0.3 is 0 Å². The fraction of sp³-hybridized carbons (Fsp3) is 0.118. The summed E-state index contributed by atoms with van der Waals surface area (Å²) in [6.45, 7) is 4.00. The molecule has 5 nitrogen and oxygen atoms in total. The van der Waals surface area contributed by atoms with E-state index in [1.165, 1.54) is 5.56 Å². The molecule has 0 saturated carbocycles. The summed E-state index contributed by atoms with van der Waals surface area (Å²) in [6, 6.07) is 15.3. The number of aromatic nitrogens is 3. The Morgan fingerprint density at radius 1 is 0.955 bits per heavy atom. The van der Waals surface area contributed by atoms with E-state index >= 15 is 0 Å². The SMILES string of the molecule is Cc1ccc(C(=O)Nc2n[nH]c(-c3ccc(C)cc3)n2)cc1. The van der Waals surface area contributed by atoms with Crippen LogP contribution in [0.15, 0.2) is 48.5 Å². The van der Waals surface area contributed by atoms with Crippen LogP contribution >= 0.6 is 0 Å². The van der Waals surface area contributed by atoms with Crippen molar-refractivity contribution in [2.24, 2.45) is 0 Å². The number of carbonyl (C=O) groups excluding carboxylic acids is 1. The number of H-pyrrole nitrogens is 1. The molecule has 1 heterocycles. The van der Waals surface area contributed by atoms with Gasteiger partial charge in [-0.25, -0.2) is 0 Å². The van der Waals surface area contributed by atoms with Crippen LogP contribution in [0.25, 0.3) is 11.4 Å². The normalized spacial score (nSPS) is 10.5. The van der Waals surface area contributed by atoms with Gasteiger partial charge in [0.2, 0.25) is 5.95 Å². The van der Waals surface area contributed by atoms with Gasteiger partial charge in [-0.1, -0.05) is 47.5 Å². The van der Waals surface area contributed by atoms with E-state index in [9.17, 15) is 4.79 Å². The van der Waals surface area contributed by atoms with Gasteiger partial charge in [0.05, 0.1) is 0 Å². The molecule has 3 rings (SSSR count). The highest BCUT2D eigenvalue weighted by atomic mass is 16.1. The lowest BCUT2D eigenvalue weighted by Gasteiger charge is -2.01. The number of amides is 1. The van der Waals surface area contributed by atoms with Crippen LogP contribution in [0.2, 0.25) is 0 Å². The predicted molar refractivity (Wildman–Crippen MR) is 85.7 cm³/mol. The quantitative estimate of drug-likeness (QED) is 0.777. The Morgan fingerprint density at radius 2 is 1.55 bits per heavy atom. The molecule has 0 fully saturated rings. The molecule has 0 bridgehead atoms. The summed E-state index contributed by atoms with van der Waals surface area (Å²) in [5.74, 6) is 0.662. The molecule has 0 unspecified atom stereocenters. The highest BCUT2D eigenvalue weighted by molar-refractivity contribution is 6.03. The third-order valence-corrected chi connectivity index (χ3v) is 3.35. The minimum absolute atomic E-state index is 0.227. The molecule has 3 aromatic rings. The maximum atomic E-state index is 12.1. The molecule has 0 radical (unpaired) electrons. The van der Waals surface area contributed by atoms with E-state index in [1.807, 2.05) is 50.2 Å². The molecule has 1 amide bonds. The van der Waals surface area contributed by atoms with E-state index in [0.29, 0.717) is 11.4 Å². The molecule has 2 N–H and O–H groups in total. The monoisotopic (exact) mass is 292 g/mol. The first-order chi connectivity index (χ1) is 10.6. The van der Waals surface area contributed by atoms with Gasteiger partial charge in [0.1, 0.15) is 0 Å². The van der Waals surface area contributed by atoms with E-state index in [0.717, 1.165) is 11.1 Å². The number of benzene rings is 2. The topological polar surface area (TPSA) is 70.7 Å². The summed E-state index contributed by atoms with van der Waals surface area (Å²) >= 11 is 0. The third-order valence-electron chi connectivity index (χ3n) is 3.35. The Morgan fingerprint density at radius 3 is 2.18 bits per heavy atom. The van der Waals surface area contributed by atoms with Crippen molar-refractivity contribution in [2.75, 3.05) is 5.32 Å². The summed E-state index contributed by atoms with van der Waals surface area (Å²) in [7, 11) is 0. The second kappa shape index (κ2) is 5.81. The lowest BCUT2D eigenvalue weighted by atomic mass is 10.1. The number of anilines is 1. The predicted octanol–water partition coefficient (Wildman–Crippen LogP) is 3.34. The second-order valence-electron chi connectivity index (χ2n) is 5.19. The van der Waals surface area contributed by atoms with Crippen LogP contribution in [0.5, 0.6) is 0 Å². The minimum Gasteiger partial charge on any atom is -0.289 e. The van der Waals surface area contributed by atoms with Crippen LogP contribution in [-0.4, -0.2) is 21.1 Å². The van der Waals surface area contributed by atoms with Crippen LogP contribution in [0.3, 0.4) is 0 Å². The van der Waals surface area contributed by atoms with Gasteiger partial charge in [-0.05, 0) is 26.0 Å². The van der Waals surface area contributed by atoms with Gasteiger partial charge in [0.25, 0.3) is 5.91 Å². The van der Waals surface area contributed by atoms with Crippen molar-refractivity contribution in [2.45, 2.75) is 13.8 Å². The van der Waals surface area contributed by atoms with Gasteiger partial charge in [-0.3, -0.25) is 15.2 Å². The second-order valence-corrected chi connectivity index (χ2v) is 5.19. The summed E-state index contributed by atoms with van der Waals surface area (Å²) in [4.78, 5) is 16.4. The Labute approximate surface area is 128 Å². The lowest BCUT2D eigenvalue weighted by Crippen LogP contribution is -2.12. The Hall–Kier alpha value is -2.95. The smallest absolute Gasteiger partial charge is 0.258 e. The summed E-state index contributed by atoms with van der Waals surface area (Å²) in [6.07, 6.45) is 0. The van der Waals surface area contributed by atoms with Crippen molar-refractivity contribution in [3.63, 3.8) is 0 Å². The largest absolute Gasteiger partial charge is 0.289 e. The van der Waals surface area contributed by atoms with E-state index in [2.05, 4.69) is 20.5 Å². The van der Waals surface area contributed by atoms with Crippen LogP contribution in [0.4, 0.5) is 5.95 Å². The Balaban J connectivity index is 1.75. The molecule has 0 aliphatic heterocycles. The van der Waals surface area contributed by atoms with Crippen LogP contribution < -0.4 is 5.32 Å². The average Bonchev–Trinajstić information content (AvgIpc) is 2.97. The van der Waals surface area contributed by atoms with Crippen molar-refractivity contribution in [1.82, 2.24) is 15.2 Å². The molecule has 2 aromatic carbocycles. The zero-order chi connectivity index (χ0) is 15.5. The fourth-order valence-electron chi connectivity index (χ4n) is 2.04. The molecular weight excluding hydrogens is 276 g/mol. The molecular formula is C17H16N4O. The van der Waals surface area contributed by atoms with Crippen molar-refractivity contribution < 1.29 is 4.79 Å². The number of aryl methyl sites for hydroxylation is 2.